The molecule has 0 bridgehead atoms. The van der Waals surface area contributed by atoms with Gasteiger partial charge in [0.2, 0.25) is 0 Å². The molecule has 0 spiro atoms. The van der Waals surface area contributed by atoms with Crippen molar-refractivity contribution in [3.63, 3.8) is 0 Å². The molecule has 0 saturated heterocycles. The molecule has 1 fully saturated rings. The Morgan fingerprint density at radius 2 is 1.68 bits per heavy atom. The molecular weight excluding hydrogens is 690 g/mol. The number of benzene rings is 2. The predicted octanol–water partition coefficient (Wildman–Crippen LogP) is 5.61. The third-order valence-corrected chi connectivity index (χ3v) is 8.46. The highest BCUT2D eigenvalue weighted by atomic mass is 35.5. The topological polar surface area (TPSA) is 148 Å². The number of alkyl halides is 3. The maximum absolute atomic E-state index is 12.9. The minimum atomic E-state index is -4.86. The van der Waals surface area contributed by atoms with E-state index in [0.717, 1.165) is 32.2 Å². The van der Waals surface area contributed by atoms with Crippen LogP contribution in [0.5, 0.6) is 0 Å². The first kappa shape index (κ1) is 35.6. The molecule has 0 unspecified atom stereocenters. The van der Waals surface area contributed by atoms with Crippen molar-refractivity contribution >= 4 is 44.8 Å². The molecule has 1 aliphatic rings. The van der Waals surface area contributed by atoms with Crippen LogP contribution in [0.3, 0.4) is 0 Å². The molecule has 0 aliphatic heterocycles. The molecule has 2 heterocycles. The summed E-state index contributed by atoms with van der Waals surface area (Å²) in [6, 6.07) is 8.11. The van der Waals surface area contributed by atoms with Crippen molar-refractivity contribution in [3.8, 4) is 5.69 Å². The first-order valence-corrected chi connectivity index (χ1v) is 16.4. The van der Waals surface area contributed by atoms with Crippen LogP contribution in [-0.2, 0) is 27.8 Å². The molecule has 4 aromatic rings. The number of carbonyl (C=O) groups excluding carboxylic acids is 2. The Bertz CT molecular complexity index is 2100. The minimum absolute atomic E-state index is 0.0104. The van der Waals surface area contributed by atoms with E-state index in [1.54, 1.807) is 13.8 Å². The molecule has 0 radical (unpaired) electrons. The molecule has 0 N–H and O–H groups in total. The smallest absolute Gasteiger partial charge is 0.431 e. The second-order valence-corrected chi connectivity index (χ2v) is 13.6. The second kappa shape index (κ2) is 13.5. The lowest BCUT2D eigenvalue weighted by atomic mass is 10.0. The van der Waals surface area contributed by atoms with Crippen LogP contribution >= 0.6 is 23.2 Å². The van der Waals surface area contributed by atoms with E-state index < -0.39 is 50.8 Å². The summed E-state index contributed by atoms with van der Waals surface area (Å²) in [5, 5.41) is 3.94. The van der Waals surface area contributed by atoms with E-state index in [-0.39, 0.29) is 37.7 Å². The van der Waals surface area contributed by atoms with Crippen molar-refractivity contribution in [3.05, 3.63) is 108 Å². The molecule has 2 aromatic heterocycles. The highest BCUT2D eigenvalue weighted by Crippen LogP contribution is 2.42. The highest BCUT2D eigenvalue weighted by molar-refractivity contribution is 7.90. The number of rotatable bonds is 7. The van der Waals surface area contributed by atoms with Gasteiger partial charge >= 0.3 is 17.8 Å². The lowest BCUT2D eigenvalue weighted by Crippen LogP contribution is -2.40. The van der Waals surface area contributed by atoms with Crippen LogP contribution in [0.4, 0.5) is 13.2 Å². The molecule has 5 rings (SSSR count). The average molecular weight is 717 g/mol. The number of ether oxygens (including phenoxy) is 1. The van der Waals surface area contributed by atoms with Gasteiger partial charge in [0, 0.05) is 35.9 Å². The van der Waals surface area contributed by atoms with E-state index in [1.165, 1.54) is 36.5 Å². The van der Waals surface area contributed by atoms with Gasteiger partial charge in [0.05, 0.1) is 39.0 Å². The van der Waals surface area contributed by atoms with Gasteiger partial charge in [0.15, 0.2) is 21.4 Å². The van der Waals surface area contributed by atoms with Gasteiger partial charge in [-0.05, 0) is 63.1 Å². The maximum Gasteiger partial charge on any atom is 0.431 e. The Kier molecular flexibility index (Phi) is 10.2. The average Bonchev–Trinajstić information content (AvgIpc) is 3.70. The number of nitrogens with zero attached hydrogens (tertiary/aromatic N) is 3. The second-order valence-electron chi connectivity index (χ2n) is 10.8. The first-order chi connectivity index (χ1) is 21.8. The summed E-state index contributed by atoms with van der Waals surface area (Å²) < 4.78 is 73.4. The van der Waals surface area contributed by atoms with E-state index in [4.69, 9.17) is 32.5 Å². The Morgan fingerprint density at radius 3 is 2.26 bits per heavy atom. The molecule has 1 saturated carbocycles. The summed E-state index contributed by atoms with van der Waals surface area (Å²) in [4.78, 5) is 49.0. The Morgan fingerprint density at radius 1 is 1.02 bits per heavy atom. The maximum atomic E-state index is 12.9. The number of aromatic nitrogens is 3. The SMILES string of the molecule is CC(C)OC(=O)c1cc(-n2c(=O)cc(C(F)(F)F)n(C)c2=O)ccc1Cl.CS(=O)(=O)c1cc(Cl)ccc1C(=O)c1cnoc1C1CC1. The van der Waals surface area contributed by atoms with E-state index in [9.17, 15) is 40.8 Å². The molecule has 0 atom stereocenters. The van der Waals surface area contributed by atoms with Gasteiger partial charge < -0.3 is 9.26 Å². The van der Waals surface area contributed by atoms with Gasteiger partial charge in [-0.1, -0.05) is 28.4 Å². The quantitative estimate of drug-likeness (QED) is 0.176. The van der Waals surface area contributed by atoms with Gasteiger partial charge in [0.25, 0.3) is 5.56 Å². The van der Waals surface area contributed by atoms with Gasteiger partial charge in [-0.15, -0.1) is 0 Å². The van der Waals surface area contributed by atoms with Crippen LogP contribution in [0, 0.1) is 0 Å². The normalized spacial score (nSPS) is 13.2. The molecule has 2 aromatic carbocycles. The van der Waals surface area contributed by atoms with E-state index in [0.29, 0.717) is 26.5 Å². The summed E-state index contributed by atoms with van der Waals surface area (Å²) in [7, 11) is -2.67. The van der Waals surface area contributed by atoms with Crippen LogP contribution in [0.1, 0.15) is 70.3 Å². The number of halogens is 5. The number of carbonyl (C=O) groups is 2. The van der Waals surface area contributed by atoms with E-state index in [1.807, 2.05) is 0 Å². The summed E-state index contributed by atoms with van der Waals surface area (Å²) in [6.45, 7) is 3.23. The fraction of sp³-hybridized carbons (Fsp3) is 0.300. The summed E-state index contributed by atoms with van der Waals surface area (Å²) in [5.74, 6) is -0.450. The van der Waals surface area contributed by atoms with Gasteiger partial charge in [-0.3, -0.25) is 14.2 Å². The molecular formula is C30H26Cl2F3N3O8S. The summed E-state index contributed by atoms with van der Waals surface area (Å²) in [6.07, 6.45) is -1.01. The lowest BCUT2D eigenvalue weighted by molar-refractivity contribution is -0.144. The number of sulfone groups is 1. The number of hydrogen-bond acceptors (Lipinski definition) is 9. The zero-order valence-electron chi connectivity index (χ0n) is 25.1. The van der Waals surface area contributed by atoms with Gasteiger partial charge in [-0.25, -0.2) is 22.6 Å². The minimum Gasteiger partial charge on any atom is -0.459 e. The Hall–Kier alpha value is -4.21. The third-order valence-electron chi connectivity index (χ3n) is 6.76. The zero-order valence-corrected chi connectivity index (χ0v) is 27.4. The molecule has 47 heavy (non-hydrogen) atoms. The fourth-order valence-corrected chi connectivity index (χ4v) is 5.75. The van der Waals surface area contributed by atoms with Gasteiger partial charge in [0.1, 0.15) is 5.69 Å². The Balaban J connectivity index is 0.000000217. The Labute approximate surface area is 275 Å². The predicted molar refractivity (Wildman–Crippen MR) is 164 cm³/mol. The van der Waals surface area contributed by atoms with E-state index in [2.05, 4.69) is 5.16 Å². The fourth-order valence-electron chi connectivity index (χ4n) is 4.42. The van der Waals surface area contributed by atoms with Crippen molar-refractivity contribution in [2.24, 2.45) is 7.05 Å². The number of esters is 1. The molecule has 1 aliphatic carbocycles. The standard InChI is InChI=1S/C16H14ClF3N2O4.C14H12ClNO4S/c1-8(2)26-14(24)10-6-9(4-5-11(10)17)22-13(23)7-12(16(18,19)20)21(3)15(22)25;1-21(18,19)12-6-9(15)4-5-10(12)13(17)11-7-16-20-14(11)8-2-3-8/h4-8H,1-3H3;4-8H,2-3H2,1H3. The van der Waals surface area contributed by atoms with Crippen LogP contribution < -0.4 is 11.2 Å². The van der Waals surface area contributed by atoms with Crippen molar-refractivity contribution in [1.82, 2.24) is 14.3 Å². The van der Waals surface area contributed by atoms with Crippen molar-refractivity contribution in [1.29, 1.82) is 0 Å². The van der Waals surface area contributed by atoms with E-state index >= 15 is 0 Å². The number of ketones is 1. The lowest BCUT2D eigenvalue weighted by Gasteiger charge is -2.15. The van der Waals surface area contributed by atoms with Crippen LogP contribution in [0.25, 0.3) is 5.69 Å². The van der Waals surface area contributed by atoms with Crippen molar-refractivity contribution in [2.45, 2.75) is 49.8 Å². The zero-order chi connectivity index (χ0) is 35.0. The van der Waals surface area contributed by atoms with Crippen LogP contribution in [0.2, 0.25) is 10.0 Å². The third kappa shape index (κ3) is 8.03. The summed E-state index contributed by atoms with van der Waals surface area (Å²) >= 11 is 11.8. The van der Waals surface area contributed by atoms with Crippen molar-refractivity contribution < 1.29 is 40.4 Å². The molecule has 11 nitrogen and oxygen atoms in total. The number of hydrogen-bond donors (Lipinski definition) is 0. The molecule has 250 valence electrons. The van der Waals surface area contributed by atoms with Crippen molar-refractivity contribution in [2.75, 3.05) is 6.26 Å². The van der Waals surface area contributed by atoms with Gasteiger partial charge in [-0.2, -0.15) is 13.2 Å². The van der Waals surface area contributed by atoms with Crippen LogP contribution in [-0.4, -0.2) is 46.8 Å². The van der Waals surface area contributed by atoms with Crippen LogP contribution in [0.15, 0.2) is 67.7 Å². The molecule has 0 amide bonds. The highest BCUT2D eigenvalue weighted by Gasteiger charge is 2.35. The summed E-state index contributed by atoms with van der Waals surface area (Å²) in [5.41, 5.74) is -3.59. The molecule has 17 heteroatoms. The monoisotopic (exact) mass is 715 g/mol. The largest absolute Gasteiger partial charge is 0.459 e. The first-order valence-electron chi connectivity index (χ1n) is 13.7.